The third-order valence-electron chi connectivity index (χ3n) is 2.94. The number of pyridine rings is 1. The number of benzene rings is 1. The van der Waals surface area contributed by atoms with E-state index in [9.17, 15) is 17.6 Å². The number of hydrogen-bond donors (Lipinski definition) is 1. The van der Waals surface area contributed by atoms with Crippen molar-refractivity contribution in [2.24, 2.45) is 5.73 Å². The normalized spacial score (nSPS) is 13.2. The second-order valence-electron chi connectivity index (χ2n) is 4.37. The summed E-state index contributed by atoms with van der Waals surface area (Å²) in [5.41, 5.74) is 5.16. The summed E-state index contributed by atoms with van der Waals surface area (Å²) >= 11 is 0. The molecule has 0 saturated heterocycles. The van der Waals surface area contributed by atoms with Crippen LogP contribution >= 0.6 is 0 Å². The molecule has 1 unspecified atom stereocenters. The maximum atomic E-state index is 13.9. The standard InChI is InChI=1S/C14H12F4N2/c15-13-10(2-1-3-11(13)14(16,17)18)12(19)8-9-4-6-20-7-5-9/h1-7,12H,8,19H2. The van der Waals surface area contributed by atoms with Crippen molar-refractivity contribution in [1.82, 2.24) is 4.98 Å². The molecule has 6 heteroatoms. The highest BCUT2D eigenvalue weighted by molar-refractivity contribution is 5.31. The quantitative estimate of drug-likeness (QED) is 0.876. The van der Waals surface area contributed by atoms with Gasteiger partial charge < -0.3 is 5.73 Å². The van der Waals surface area contributed by atoms with Crippen molar-refractivity contribution in [1.29, 1.82) is 0 Å². The lowest BCUT2D eigenvalue weighted by molar-refractivity contribution is -0.140. The largest absolute Gasteiger partial charge is 0.419 e. The van der Waals surface area contributed by atoms with Gasteiger partial charge in [-0.1, -0.05) is 12.1 Å². The van der Waals surface area contributed by atoms with Crippen molar-refractivity contribution in [2.45, 2.75) is 18.6 Å². The first kappa shape index (κ1) is 14.5. The van der Waals surface area contributed by atoms with Crippen LogP contribution in [0.3, 0.4) is 0 Å². The highest BCUT2D eigenvalue weighted by Gasteiger charge is 2.35. The Bertz CT molecular complexity index is 581. The molecule has 106 valence electrons. The van der Waals surface area contributed by atoms with E-state index in [1.807, 2.05) is 0 Å². The molecule has 0 aliphatic carbocycles. The van der Waals surface area contributed by atoms with Crippen LogP contribution < -0.4 is 5.73 Å². The van der Waals surface area contributed by atoms with Crippen molar-refractivity contribution >= 4 is 0 Å². The Labute approximate surface area is 113 Å². The molecule has 1 atom stereocenters. The van der Waals surface area contributed by atoms with Crippen LogP contribution in [0.2, 0.25) is 0 Å². The van der Waals surface area contributed by atoms with Gasteiger partial charge in [0.25, 0.3) is 0 Å². The minimum Gasteiger partial charge on any atom is -0.324 e. The molecule has 2 aromatic rings. The number of nitrogens with zero attached hydrogens (tertiary/aromatic N) is 1. The monoisotopic (exact) mass is 284 g/mol. The zero-order valence-electron chi connectivity index (χ0n) is 10.4. The van der Waals surface area contributed by atoms with Gasteiger partial charge in [-0.15, -0.1) is 0 Å². The Kier molecular flexibility index (Phi) is 4.04. The Balaban J connectivity index is 2.29. The van der Waals surface area contributed by atoms with Gasteiger partial charge in [0.05, 0.1) is 5.56 Å². The van der Waals surface area contributed by atoms with Crippen LogP contribution in [-0.2, 0) is 12.6 Å². The van der Waals surface area contributed by atoms with Crippen LogP contribution in [0.1, 0.15) is 22.7 Å². The second-order valence-corrected chi connectivity index (χ2v) is 4.37. The Morgan fingerprint density at radius 2 is 1.75 bits per heavy atom. The minimum absolute atomic E-state index is 0.142. The summed E-state index contributed by atoms with van der Waals surface area (Å²) in [6, 6.07) is 5.67. The topological polar surface area (TPSA) is 38.9 Å². The van der Waals surface area contributed by atoms with Crippen molar-refractivity contribution in [3.8, 4) is 0 Å². The van der Waals surface area contributed by atoms with Crippen LogP contribution in [0.4, 0.5) is 17.6 Å². The van der Waals surface area contributed by atoms with E-state index in [4.69, 9.17) is 5.73 Å². The maximum Gasteiger partial charge on any atom is 0.419 e. The van der Waals surface area contributed by atoms with Crippen LogP contribution in [-0.4, -0.2) is 4.98 Å². The van der Waals surface area contributed by atoms with Gasteiger partial charge in [0.2, 0.25) is 0 Å². The molecule has 0 spiro atoms. The highest BCUT2D eigenvalue weighted by Crippen LogP contribution is 2.33. The van der Waals surface area contributed by atoms with Crippen LogP contribution in [0, 0.1) is 5.82 Å². The van der Waals surface area contributed by atoms with Gasteiger partial charge in [0, 0.05) is 24.0 Å². The first-order valence-electron chi connectivity index (χ1n) is 5.89. The van der Waals surface area contributed by atoms with Crippen molar-refractivity contribution in [3.05, 3.63) is 65.2 Å². The van der Waals surface area contributed by atoms with Crippen molar-refractivity contribution < 1.29 is 17.6 Å². The van der Waals surface area contributed by atoms with E-state index < -0.39 is 23.6 Å². The molecule has 0 bridgehead atoms. The molecule has 0 saturated carbocycles. The average Bonchev–Trinajstić information content (AvgIpc) is 2.38. The molecule has 2 N–H and O–H groups in total. The molecule has 0 aliphatic rings. The van der Waals surface area contributed by atoms with Gasteiger partial charge in [-0.2, -0.15) is 13.2 Å². The lowest BCUT2D eigenvalue weighted by Crippen LogP contribution is -2.18. The van der Waals surface area contributed by atoms with Gasteiger partial charge in [-0.25, -0.2) is 4.39 Å². The van der Waals surface area contributed by atoms with E-state index in [1.54, 1.807) is 24.5 Å². The minimum atomic E-state index is -4.73. The molecule has 0 aliphatic heterocycles. The van der Waals surface area contributed by atoms with E-state index in [-0.39, 0.29) is 12.0 Å². The first-order chi connectivity index (χ1) is 9.39. The Morgan fingerprint density at radius 1 is 1.10 bits per heavy atom. The summed E-state index contributed by atoms with van der Waals surface area (Å²) in [5.74, 6) is -1.30. The summed E-state index contributed by atoms with van der Waals surface area (Å²) in [7, 11) is 0. The smallest absolute Gasteiger partial charge is 0.324 e. The van der Waals surface area contributed by atoms with Gasteiger partial charge in [-0.3, -0.25) is 4.98 Å². The molecule has 1 aromatic carbocycles. The van der Waals surface area contributed by atoms with Gasteiger partial charge in [0.1, 0.15) is 5.82 Å². The molecular weight excluding hydrogens is 272 g/mol. The lowest BCUT2D eigenvalue weighted by Gasteiger charge is -2.16. The Morgan fingerprint density at radius 3 is 2.35 bits per heavy atom. The van der Waals surface area contributed by atoms with E-state index >= 15 is 0 Å². The van der Waals surface area contributed by atoms with Gasteiger partial charge in [0.15, 0.2) is 0 Å². The second kappa shape index (κ2) is 5.58. The Hall–Kier alpha value is -1.95. The number of aromatic nitrogens is 1. The number of nitrogens with two attached hydrogens (primary N) is 1. The average molecular weight is 284 g/mol. The zero-order chi connectivity index (χ0) is 14.8. The molecule has 20 heavy (non-hydrogen) atoms. The van der Waals surface area contributed by atoms with Crippen LogP contribution in [0.15, 0.2) is 42.7 Å². The van der Waals surface area contributed by atoms with E-state index in [2.05, 4.69) is 4.98 Å². The van der Waals surface area contributed by atoms with E-state index in [0.29, 0.717) is 6.07 Å². The van der Waals surface area contributed by atoms with E-state index in [0.717, 1.165) is 11.6 Å². The third-order valence-corrected chi connectivity index (χ3v) is 2.94. The number of alkyl halides is 3. The van der Waals surface area contributed by atoms with Crippen LogP contribution in [0.5, 0.6) is 0 Å². The predicted molar refractivity (Wildman–Crippen MR) is 66.3 cm³/mol. The molecule has 2 nitrogen and oxygen atoms in total. The van der Waals surface area contributed by atoms with Crippen molar-refractivity contribution in [2.75, 3.05) is 0 Å². The van der Waals surface area contributed by atoms with Gasteiger partial charge >= 0.3 is 6.18 Å². The molecule has 0 radical (unpaired) electrons. The zero-order valence-corrected chi connectivity index (χ0v) is 10.4. The summed E-state index contributed by atoms with van der Waals surface area (Å²) < 4.78 is 51.8. The van der Waals surface area contributed by atoms with E-state index in [1.165, 1.54) is 6.07 Å². The number of halogens is 4. The summed E-state index contributed by atoms with van der Waals surface area (Å²) in [5, 5.41) is 0. The molecular formula is C14H12F4N2. The predicted octanol–water partition coefficient (Wildman–Crippen LogP) is 3.48. The highest BCUT2D eigenvalue weighted by atomic mass is 19.4. The van der Waals surface area contributed by atoms with Gasteiger partial charge in [-0.05, 0) is 30.2 Å². The fourth-order valence-corrected chi connectivity index (χ4v) is 1.94. The maximum absolute atomic E-state index is 13.9. The van der Waals surface area contributed by atoms with Crippen molar-refractivity contribution in [3.63, 3.8) is 0 Å². The number of rotatable bonds is 3. The van der Waals surface area contributed by atoms with Crippen LogP contribution in [0.25, 0.3) is 0 Å². The molecule has 1 heterocycles. The molecule has 0 fully saturated rings. The SMILES string of the molecule is NC(Cc1ccncc1)c1cccc(C(F)(F)F)c1F. The third kappa shape index (κ3) is 3.14. The summed E-state index contributed by atoms with van der Waals surface area (Å²) in [6.45, 7) is 0. The summed E-state index contributed by atoms with van der Waals surface area (Å²) in [4.78, 5) is 3.83. The molecule has 2 rings (SSSR count). The lowest BCUT2D eigenvalue weighted by atomic mass is 9.98. The fraction of sp³-hybridized carbons (Fsp3) is 0.214. The first-order valence-corrected chi connectivity index (χ1v) is 5.89. The molecule has 0 amide bonds. The number of hydrogen-bond acceptors (Lipinski definition) is 2. The molecule has 1 aromatic heterocycles. The fourth-order valence-electron chi connectivity index (χ4n) is 1.94. The summed E-state index contributed by atoms with van der Waals surface area (Å²) in [6.07, 6.45) is -1.40.